The van der Waals surface area contributed by atoms with Gasteiger partial charge in [0.15, 0.2) is 0 Å². The lowest BCUT2D eigenvalue weighted by Gasteiger charge is -2.13. The van der Waals surface area contributed by atoms with Crippen LogP contribution in [0.3, 0.4) is 0 Å². The SMILES string of the molecule is CCCCN(CCl)S(=O)(=O)Cl. The van der Waals surface area contributed by atoms with Crippen molar-refractivity contribution in [1.82, 2.24) is 4.31 Å². The Bertz CT molecular complexity index is 193. The summed E-state index contributed by atoms with van der Waals surface area (Å²) >= 11 is 5.35. The van der Waals surface area contributed by atoms with Gasteiger partial charge in [-0.1, -0.05) is 13.3 Å². The molecule has 0 saturated carbocycles. The summed E-state index contributed by atoms with van der Waals surface area (Å²) in [7, 11) is 1.44. The highest BCUT2D eigenvalue weighted by atomic mass is 35.7. The molecule has 6 heteroatoms. The molecule has 0 bridgehead atoms. The molecule has 0 aliphatic rings. The molecule has 68 valence electrons. The number of alkyl halides is 1. The highest BCUT2D eigenvalue weighted by Gasteiger charge is 2.16. The first-order chi connectivity index (χ1) is 5.02. The van der Waals surface area contributed by atoms with Crippen LogP contribution in [0.5, 0.6) is 0 Å². The topological polar surface area (TPSA) is 37.4 Å². The fourth-order valence-electron chi connectivity index (χ4n) is 0.562. The smallest absolute Gasteiger partial charge is 0.195 e. The first-order valence-electron chi connectivity index (χ1n) is 3.28. The summed E-state index contributed by atoms with van der Waals surface area (Å²) in [6, 6.07) is -0.0775. The minimum absolute atomic E-state index is 0.0775. The van der Waals surface area contributed by atoms with Crippen molar-refractivity contribution in [3.8, 4) is 0 Å². The van der Waals surface area contributed by atoms with E-state index in [1.807, 2.05) is 6.92 Å². The third kappa shape index (κ3) is 4.85. The van der Waals surface area contributed by atoms with E-state index < -0.39 is 9.24 Å². The molecule has 0 unspecified atom stereocenters. The zero-order chi connectivity index (χ0) is 8.91. The lowest BCUT2D eigenvalue weighted by atomic mass is 10.3. The van der Waals surface area contributed by atoms with Crippen LogP contribution in [0, 0.1) is 0 Å². The Morgan fingerprint density at radius 3 is 2.27 bits per heavy atom. The van der Waals surface area contributed by atoms with Crippen molar-refractivity contribution >= 4 is 31.5 Å². The Hall–Kier alpha value is 0.490. The van der Waals surface area contributed by atoms with E-state index in [0.717, 1.165) is 17.1 Å². The van der Waals surface area contributed by atoms with E-state index in [0.29, 0.717) is 6.54 Å². The molecule has 0 radical (unpaired) electrons. The number of hydrogen-bond acceptors (Lipinski definition) is 2. The molecule has 0 spiro atoms. The van der Waals surface area contributed by atoms with E-state index in [9.17, 15) is 8.42 Å². The number of unbranched alkanes of at least 4 members (excludes halogenated alkanes) is 1. The van der Waals surface area contributed by atoms with Gasteiger partial charge in [-0.25, -0.2) is 0 Å². The number of rotatable bonds is 5. The first-order valence-corrected chi connectivity index (χ1v) is 6.08. The van der Waals surface area contributed by atoms with Crippen LogP contribution >= 0.6 is 22.3 Å². The lowest BCUT2D eigenvalue weighted by Crippen LogP contribution is -2.26. The Kier molecular flexibility index (Phi) is 5.42. The van der Waals surface area contributed by atoms with Gasteiger partial charge in [-0.3, -0.25) is 0 Å². The molecule has 0 atom stereocenters. The molecular formula is C5H11Cl2NO2S. The second kappa shape index (κ2) is 5.19. The summed E-state index contributed by atoms with van der Waals surface area (Å²) in [5.74, 6) is 0. The van der Waals surface area contributed by atoms with E-state index in [1.54, 1.807) is 0 Å². The minimum Gasteiger partial charge on any atom is -0.195 e. The van der Waals surface area contributed by atoms with Gasteiger partial charge in [0.25, 0.3) is 0 Å². The molecule has 0 heterocycles. The van der Waals surface area contributed by atoms with E-state index in [4.69, 9.17) is 22.3 Å². The molecule has 0 aromatic heterocycles. The van der Waals surface area contributed by atoms with Crippen molar-refractivity contribution in [1.29, 1.82) is 0 Å². The van der Waals surface area contributed by atoms with Gasteiger partial charge >= 0.3 is 9.24 Å². The van der Waals surface area contributed by atoms with Crippen LogP contribution in [0.1, 0.15) is 19.8 Å². The molecule has 0 fully saturated rings. The maximum Gasteiger partial charge on any atom is 0.300 e. The average molecular weight is 220 g/mol. The van der Waals surface area contributed by atoms with Gasteiger partial charge in [-0.2, -0.15) is 12.7 Å². The second-order valence-corrected chi connectivity index (χ2v) is 4.84. The van der Waals surface area contributed by atoms with Gasteiger partial charge in [0.1, 0.15) is 0 Å². The Labute approximate surface area is 76.8 Å². The van der Waals surface area contributed by atoms with E-state index in [-0.39, 0.29) is 6.00 Å². The van der Waals surface area contributed by atoms with Crippen molar-refractivity contribution < 1.29 is 8.42 Å². The molecule has 0 rings (SSSR count). The van der Waals surface area contributed by atoms with Crippen LogP contribution in [0.25, 0.3) is 0 Å². The zero-order valence-corrected chi connectivity index (χ0v) is 8.58. The van der Waals surface area contributed by atoms with Gasteiger partial charge in [0.2, 0.25) is 0 Å². The van der Waals surface area contributed by atoms with Crippen molar-refractivity contribution in [3.05, 3.63) is 0 Å². The number of nitrogens with zero attached hydrogens (tertiary/aromatic N) is 1. The van der Waals surface area contributed by atoms with Gasteiger partial charge < -0.3 is 0 Å². The summed E-state index contributed by atoms with van der Waals surface area (Å²) < 4.78 is 22.4. The second-order valence-electron chi connectivity index (χ2n) is 2.09. The predicted molar refractivity (Wildman–Crippen MR) is 47.1 cm³/mol. The Balaban J connectivity index is 3.97. The van der Waals surface area contributed by atoms with Crippen LogP contribution in [-0.4, -0.2) is 25.3 Å². The molecular weight excluding hydrogens is 209 g/mol. The lowest BCUT2D eigenvalue weighted by molar-refractivity contribution is 0.458. The fraction of sp³-hybridized carbons (Fsp3) is 1.00. The van der Waals surface area contributed by atoms with E-state index >= 15 is 0 Å². The summed E-state index contributed by atoms with van der Waals surface area (Å²) in [6.07, 6.45) is 1.69. The largest absolute Gasteiger partial charge is 0.300 e. The van der Waals surface area contributed by atoms with Gasteiger partial charge in [-0.05, 0) is 6.42 Å². The van der Waals surface area contributed by atoms with E-state index in [1.165, 1.54) is 0 Å². The minimum atomic E-state index is -3.61. The van der Waals surface area contributed by atoms with Gasteiger partial charge in [-0.15, -0.1) is 11.6 Å². The monoisotopic (exact) mass is 219 g/mol. The summed E-state index contributed by atoms with van der Waals surface area (Å²) in [5, 5.41) is 0. The van der Waals surface area contributed by atoms with Crippen molar-refractivity contribution in [3.63, 3.8) is 0 Å². The third-order valence-electron chi connectivity index (χ3n) is 1.20. The Morgan fingerprint density at radius 1 is 1.45 bits per heavy atom. The Morgan fingerprint density at radius 2 is 2.00 bits per heavy atom. The maximum absolute atomic E-state index is 10.7. The van der Waals surface area contributed by atoms with Crippen LogP contribution < -0.4 is 0 Å². The summed E-state index contributed by atoms with van der Waals surface area (Å²) in [4.78, 5) is 0. The molecule has 0 aliphatic heterocycles. The molecule has 0 aromatic rings. The van der Waals surface area contributed by atoms with E-state index in [2.05, 4.69) is 0 Å². The molecule has 3 nitrogen and oxygen atoms in total. The molecule has 11 heavy (non-hydrogen) atoms. The third-order valence-corrected chi connectivity index (χ3v) is 3.15. The van der Waals surface area contributed by atoms with Crippen LogP contribution in [0.15, 0.2) is 0 Å². The molecule has 0 saturated heterocycles. The van der Waals surface area contributed by atoms with Crippen LogP contribution in [-0.2, 0) is 9.24 Å². The molecule has 0 aromatic carbocycles. The summed E-state index contributed by atoms with van der Waals surface area (Å²) in [6.45, 7) is 2.36. The van der Waals surface area contributed by atoms with Crippen molar-refractivity contribution in [2.45, 2.75) is 19.8 Å². The quantitative estimate of drug-likeness (QED) is 0.402. The number of halogens is 2. The normalized spacial score (nSPS) is 12.4. The highest BCUT2D eigenvalue weighted by Crippen LogP contribution is 2.08. The standard InChI is InChI=1S/C5H11Cl2NO2S/c1-2-3-4-8(5-6)11(7,9)10/h2-5H2,1H3. The zero-order valence-electron chi connectivity index (χ0n) is 6.26. The van der Waals surface area contributed by atoms with Gasteiger partial charge in [0.05, 0.1) is 6.00 Å². The molecule has 0 aliphatic carbocycles. The number of hydrogen-bond donors (Lipinski definition) is 0. The van der Waals surface area contributed by atoms with Crippen molar-refractivity contribution in [2.75, 3.05) is 12.5 Å². The fourth-order valence-corrected chi connectivity index (χ4v) is 2.03. The van der Waals surface area contributed by atoms with Crippen LogP contribution in [0.4, 0.5) is 0 Å². The summed E-state index contributed by atoms with van der Waals surface area (Å²) in [5.41, 5.74) is 0. The van der Waals surface area contributed by atoms with Gasteiger partial charge in [0, 0.05) is 17.2 Å². The molecule has 0 amide bonds. The first kappa shape index (κ1) is 11.5. The average Bonchev–Trinajstić information content (AvgIpc) is 1.87. The van der Waals surface area contributed by atoms with Crippen LogP contribution in [0.2, 0.25) is 0 Å². The predicted octanol–water partition coefficient (Wildman–Crippen LogP) is 1.77. The van der Waals surface area contributed by atoms with Crippen molar-refractivity contribution in [2.24, 2.45) is 0 Å². The highest BCUT2D eigenvalue weighted by molar-refractivity contribution is 8.11. The molecule has 0 N–H and O–H groups in total. The maximum atomic E-state index is 10.7.